The number of hydrogen-bond acceptors (Lipinski definition) is 3. The van der Waals surface area contributed by atoms with Gasteiger partial charge in [0, 0.05) is 21.8 Å². The van der Waals surface area contributed by atoms with Crippen molar-refractivity contribution < 1.29 is 4.92 Å². The molecule has 12 heavy (non-hydrogen) atoms. The van der Waals surface area contributed by atoms with Crippen molar-refractivity contribution >= 4 is 27.3 Å². The summed E-state index contributed by atoms with van der Waals surface area (Å²) in [6.07, 6.45) is 0. The molecule has 1 rings (SSSR count). The van der Waals surface area contributed by atoms with Crippen molar-refractivity contribution in [3.05, 3.63) is 32.3 Å². The van der Waals surface area contributed by atoms with Gasteiger partial charge >= 0.3 is 0 Å². The fourth-order valence-corrected chi connectivity index (χ4v) is 1.22. The second kappa shape index (κ2) is 3.10. The number of halogens is 1. The first-order valence-electron chi connectivity index (χ1n) is 3.22. The number of benzene rings is 1. The van der Waals surface area contributed by atoms with Crippen LogP contribution in [0, 0.1) is 17.0 Å². The Bertz CT molecular complexity index is 338. The molecule has 0 saturated carbocycles. The molecule has 0 aliphatic carbocycles. The first-order valence-corrected chi connectivity index (χ1v) is 4.01. The van der Waals surface area contributed by atoms with E-state index in [-0.39, 0.29) is 5.69 Å². The van der Waals surface area contributed by atoms with Gasteiger partial charge in [-0.3, -0.25) is 10.1 Å². The number of nitro benzene ring substituents is 1. The van der Waals surface area contributed by atoms with Gasteiger partial charge in [0.05, 0.1) is 4.92 Å². The topological polar surface area (TPSA) is 69.2 Å². The van der Waals surface area contributed by atoms with Crippen molar-refractivity contribution in [2.45, 2.75) is 6.92 Å². The van der Waals surface area contributed by atoms with Crippen LogP contribution in [0.5, 0.6) is 0 Å². The molecule has 0 aliphatic heterocycles. The van der Waals surface area contributed by atoms with Crippen LogP contribution in [0.4, 0.5) is 11.4 Å². The van der Waals surface area contributed by atoms with E-state index in [2.05, 4.69) is 15.9 Å². The monoisotopic (exact) mass is 230 g/mol. The highest BCUT2D eigenvalue weighted by Gasteiger charge is 2.12. The van der Waals surface area contributed by atoms with Crippen LogP contribution in [0.3, 0.4) is 0 Å². The van der Waals surface area contributed by atoms with Gasteiger partial charge in [-0.1, -0.05) is 0 Å². The van der Waals surface area contributed by atoms with E-state index in [1.807, 2.05) is 0 Å². The molecule has 2 N–H and O–H groups in total. The van der Waals surface area contributed by atoms with E-state index in [1.165, 1.54) is 6.07 Å². The van der Waals surface area contributed by atoms with Crippen LogP contribution < -0.4 is 5.73 Å². The maximum atomic E-state index is 10.4. The van der Waals surface area contributed by atoms with Crippen LogP contribution in [0.25, 0.3) is 0 Å². The summed E-state index contributed by atoms with van der Waals surface area (Å²) in [6.45, 7) is 1.65. The number of anilines is 1. The molecule has 0 spiro atoms. The van der Waals surface area contributed by atoms with Gasteiger partial charge in [-0.05, 0) is 28.9 Å². The largest absolute Gasteiger partial charge is 0.398 e. The summed E-state index contributed by atoms with van der Waals surface area (Å²) >= 11 is 3.12. The Hall–Kier alpha value is -1.10. The number of nitrogen functional groups attached to an aromatic ring is 1. The molecule has 0 fully saturated rings. The molecule has 0 aromatic heterocycles. The molecular weight excluding hydrogens is 224 g/mol. The van der Waals surface area contributed by atoms with E-state index in [1.54, 1.807) is 13.0 Å². The second-order valence-electron chi connectivity index (χ2n) is 2.42. The Morgan fingerprint density at radius 3 is 2.67 bits per heavy atom. The van der Waals surface area contributed by atoms with E-state index < -0.39 is 4.92 Å². The summed E-state index contributed by atoms with van der Waals surface area (Å²) < 4.78 is 0.555. The first-order chi connectivity index (χ1) is 5.52. The number of rotatable bonds is 1. The smallest absolute Gasteiger partial charge is 0.273 e. The fourth-order valence-electron chi connectivity index (χ4n) is 0.890. The van der Waals surface area contributed by atoms with E-state index in [0.717, 1.165) is 0 Å². The van der Waals surface area contributed by atoms with Gasteiger partial charge in [0.25, 0.3) is 5.69 Å². The van der Waals surface area contributed by atoms with Crippen LogP contribution in [0.2, 0.25) is 0 Å². The van der Waals surface area contributed by atoms with Crippen LogP contribution in [-0.2, 0) is 0 Å². The maximum absolute atomic E-state index is 10.4. The standard InChI is InChI=1S/C7H7BrN2O2/c1-4-2-6(9)5(8)3-7(4)10(11)12/h2-3H,9H2,1H3. The van der Waals surface area contributed by atoms with Gasteiger partial charge in [0.2, 0.25) is 0 Å². The highest BCUT2D eigenvalue weighted by Crippen LogP contribution is 2.28. The number of nitrogens with two attached hydrogens (primary N) is 1. The molecule has 0 radical (unpaired) electrons. The number of aryl methyl sites for hydroxylation is 1. The summed E-state index contributed by atoms with van der Waals surface area (Å²) in [5.74, 6) is 0. The Balaban J connectivity index is 3.33. The average molecular weight is 231 g/mol. The Kier molecular flexibility index (Phi) is 2.32. The predicted molar refractivity (Wildman–Crippen MR) is 49.9 cm³/mol. The Labute approximate surface area is 77.7 Å². The predicted octanol–water partition coefficient (Wildman–Crippen LogP) is 2.25. The summed E-state index contributed by atoms with van der Waals surface area (Å²) in [7, 11) is 0. The van der Waals surface area contributed by atoms with Crippen molar-refractivity contribution in [1.82, 2.24) is 0 Å². The van der Waals surface area contributed by atoms with Crippen LogP contribution in [0.1, 0.15) is 5.56 Å². The lowest BCUT2D eigenvalue weighted by Gasteiger charge is -2.00. The zero-order valence-electron chi connectivity index (χ0n) is 6.37. The van der Waals surface area contributed by atoms with Gasteiger partial charge in [-0.15, -0.1) is 0 Å². The molecule has 0 aliphatic rings. The molecule has 0 atom stereocenters. The molecule has 0 unspecified atom stereocenters. The summed E-state index contributed by atoms with van der Waals surface area (Å²) in [4.78, 5) is 10.00. The van der Waals surface area contributed by atoms with Crippen LogP contribution >= 0.6 is 15.9 Å². The number of nitrogens with zero attached hydrogens (tertiary/aromatic N) is 1. The van der Waals surface area contributed by atoms with Crippen molar-refractivity contribution in [2.75, 3.05) is 5.73 Å². The molecule has 0 saturated heterocycles. The second-order valence-corrected chi connectivity index (χ2v) is 3.27. The van der Waals surface area contributed by atoms with Gasteiger partial charge in [0.1, 0.15) is 0 Å². The van der Waals surface area contributed by atoms with Gasteiger partial charge in [-0.25, -0.2) is 0 Å². The fraction of sp³-hybridized carbons (Fsp3) is 0.143. The van der Waals surface area contributed by atoms with Gasteiger partial charge in [0.15, 0.2) is 0 Å². The van der Waals surface area contributed by atoms with Crippen molar-refractivity contribution in [3.63, 3.8) is 0 Å². The molecule has 0 bridgehead atoms. The zero-order valence-corrected chi connectivity index (χ0v) is 7.96. The van der Waals surface area contributed by atoms with E-state index >= 15 is 0 Å². The maximum Gasteiger partial charge on any atom is 0.273 e. The Morgan fingerprint density at radius 1 is 1.58 bits per heavy atom. The SMILES string of the molecule is Cc1cc(N)c(Br)cc1[N+](=O)[O-]. The lowest BCUT2D eigenvalue weighted by molar-refractivity contribution is -0.385. The van der Waals surface area contributed by atoms with E-state index in [4.69, 9.17) is 5.73 Å². The minimum atomic E-state index is -0.431. The summed E-state index contributed by atoms with van der Waals surface area (Å²) in [5.41, 5.74) is 6.68. The van der Waals surface area contributed by atoms with Gasteiger partial charge < -0.3 is 5.73 Å². The zero-order chi connectivity index (χ0) is 9.30. The highest BCUT2D eigenvalue weighted by molar-refractivity contribution is 9.10. The van der Waals surface area contributed by atoms with E-state index in [0.29, 0.717) is 15.7 Å². The van der Waals surface area contributed by atoms with E-state index in [9.17, 15) is 10.1 Å². The molecule has 1 aromatic rings. The van der Waals surface area contributed by atoms with Crippen molar-refractivity contribution in [1.29, 1.82) is 0 Å². The molecule has 0 amide bonds. The van der Waals surface area contributed by atoms with Crippen LogP contribution in [0.15, 0.2) is 16.6 Å². The molecular formula is C7H7BrN2O2. The number of nitro groups is 1. The quantitative estimate of drug-likeness (QED) is 0.457. The lowest BCUT2D eigenvalue weighted by atomic mass is 10.2. The third-order valence-corrected chi connectivity index (χ3v) is 2.20. The third kappa shape index (κ3) is 1.55. The normalized spacial score (nSPS) is 9.83. The Morgan fingerprint density at radius 2 is 2.17 bits per heavy atom. The average Bonchev–Trinajstić information content (AvgIpc) is 1.96. The molecule has 4 nitrogen and oxygen atoms in total. The highest BCUT2D eigenvalue weighted by atomic mass is 79.9. The molecule has 1 aromatic carbocycles. The minimum Gasteiger partial charge on any atom is -0.398 e. The molecule has 5 heteroatoms. The summed E-state index contributed by atoms with van der Waals surface area (Å²) in [6, 6.07) is 2.98. The minimum absolute atomic E-state index is 0.0797. The third-order valence-electron chi connectivity index (χ3n) is 1.51. The van der Waals surface area contributed by atoms with Crippen molar-refractivity contribution in [2.24, 2.45) is 0 Å². The number of hydrogen-bond donors (Lipinski definition) is 1. The summed E-state index contributed by atoms with van der Waals surface area (Å²) in [5, 5.41) is 10.4. The van der Waals surface area contributed by atoms with Crippen molar-refractivity contribution in [3.8, 4) is 0 Å². The van der Waals surface area contributed by atoms with Crippen LogP contribution in [-0.4, -0.2) is 4.92 Å². The first kappa shape index (κ1) is 8.99. The lowest BCUT2D eigenvalue weighted by Crippen LogP contribution is -1.94. The molecule has 64 valence electrons. The molecule has 0 heterocycles. The van der Waals surface area contributed by atoms with Gasteiger partial charge in [-0.2, -0.15) is 0 Å².